The van der Waals surface area contributed by atoms with E-state index in [0.717, 1.165) is 5.56 Å². The van der Waals surface area contributed by atoms with Gasteiger partial charge < -0.3 is 5.21 Å². The fourth-order valence-corrected chi connectivity index (χ4v) is 1.96. The van der Waals surface area contributed by atoms with Crippen molar-refractivity contribution in [1.82, 2.24) is 4.68 Å². The van der Waals surface area contributed by atoms with Crippen LogP contribution < -0.4 is 4.85 Å². The first kappa shape index (κ1) is 10.9. The average Bonchev–Trinajstić information content (AvgIpc) is 2.55. The fraction of sp³-hybridized carbons (Fsp3) is 0.0909. The normalized spacial score (nSPS) is 10.3. The Morgan fingerprint density at radius 1 is 1.38 bits per heavy atom. The highest BCUT2D eigenvalue weighted by molar-refractivity contribution is 9.10. The molecule has 0 spiro atoms. The summed E-state index contributed by atoms with van der Waals surface area (Å²) in [5, 5.41) is 11.5. The van der Waals surface area contributed by atoms with Crippen LogP contribution in [0.15, 0.2) is 41.0 Å². The van der Waals surface area contributed by atoms with E-state index in [1.807, 2.05) is 30.3 Å². The molecule has 0 fully saturated rings. The minimum atomic E-state index is 0.346. The van der Waals surface area contributed by atoms with Gasteiger partial charge in [-0.3, -0.25) is 4.79 Å². The van der Waals surface area contributed by atoms with Gasteiger partial charge in [0.15, 0.2) is 12.0 Å². The summed E-state index contributed by atoms with van der Waals surface area (Å²) in [6.07, 6.45) is 1.99. The van der Waals surface area contributed by atoms with Gasteiger partial charge in [0.2, 0.25) is 6.20 Å². The predicted octanol–water partition coefficient (Wildman–Crippen LogP) is 1.74. The van der Waals surface area contributed by atoms with E-state index < -0.39 is 0 Å². The lowest BCUT2D eigenvalue weighted by Crippen LogP contribution is -2.37. The lowest BCUT2D eigenvalue weighted by atomic mass is 10.2. The number of aromatic nitrogens is 2. The topological polar surface area (TPSA) is 48.9 Å². The summed E-state index contributed by atoms with van der Waals surface area (Å²) in [6, 6.07) is 9.50. The first-order valence-electron chi connectivity index (χ1n) is 4.70. The van der Waals surface area contributed by atoms with Crippen LogP contribution in [0.5, 0.6) is 0 Å². The van der Waals surface area contributed by atoms with Crippen molar-refractivity contribution < 1.29 is 9.64 Å². The smallest absolute Gasteiger partial charge is 0.224 e. The molecule has 0 aliphatic heterocycles. The van der Waals surface area contributed by atoms with Gasteiger partial charge in [-0.05, 0) is 21.5 Å². The van der Waals surface area contributed by atoms with Crippen molar-refractivity contribution in [3.8, 4) is 0 Å². The van der Waals surface area contributed by atoms with Crippen molar-refractivity contribution in [3.05, 3.63) is 57.5 Å². The standard InChI is InChI=1S/C11H9BrN2O2/c12-10-7-14(16)13(11(10)8-15)6-9-4-2-1-3-5-9/h1-5,7-8H,6H2. The van der Waals surface area contributed by atoms with Crippen LogP contribution in [0.1, 0.15) is 16.1 Å². The highest BCUT2D eigenvalue weighted by Crippen LogP contribution is 2.13. The number of hydrogen-bond acceptors (Lipinski definition) is 2. The maximum Gasteiger partial charge on any atom is 0.224 e. The van der Waals surface area contributed by atoms with Crippen LogP contribution in [0, 0.1) is 5.21 Å². The van der Waals surface area contributed by atoms with E-state index in [1.165, 1.54) is 10.9 Å². The maximum atomic E-state index is 11.5. The van der Waals surface area contributed by atoms with E-state index in [9.17, 15) is 10.0 Å². The third kappa shape index (κ3) is 1.99. The molecule has 0 atom stereocenters. The zero-order valence-corrected chi connectivity index (χ0v) is 9.92. The van der Waals surface area contributed by atoms with Crippen LogP contribution in [0.3, 0.4) is 0 Å². The first-order chi connectivity index (χ1) is 7.72. The van der Waals surface area contributed by atoms with Gasteiger partial charge in [0.1, 0.15) is 11.0 Å². The van der Waals surface area contributed by atoms with Crippen LogP contribution in [0.25, 0.3) is 0 Å². The molecular formula is C11H9BrN2O2. The summed E-state index contributed by atoms with van der Waals surface area (Å²) in [6.45, 7) is 0.379. The molecule has 0 N–H and O–H groups in total. The molecule has 0 unspecified atom stereocenters. The molecule has 0 saturated carbocycles. The van der Waals surface area contributed by atoms with E-state index in [2.05, 4.69) is 15.9 Å². The second kappa shape index (κ2) is 4.49. The van der Waals surface area contributed by atoms with Crippen LogP contribution in [-0.2, 0) is 6.54 Å². The number of hydrogen-bond donors (Lipinski definition) is 0. The Balaban J connectivity index is 2.38. The Labute approximate surface area is 101 Å². The van der Waals surface area contributed by atoms with Gasteiger partial charge in [-0.15, -0.1) is 4.68 Å². The fourth-order valence-electron chi connectivity index (χ4n) is 1.49. The van der Waals surface area contributed by atoms with E-state index in [0.29, 0.717) is 27.8 Å². The summed E-state index contributed by atoms with van der Waals surface area (Å²) in [5.41, 5.74) is 1.32. The van der Waals surface area contributed by atoms with Crippen molar-refractivity contribution in [2.75, 3.05) is 0 Å². The number of aldehydes is 1. The average molecular weight is 281 g/mol. The monoisotopic (exact) mass is 280 g/mol. The lowest BCUT2D eigenvalue weighted by Gasteiger charge is -2.04. The Bertz CT molecular complexity index is 508. The first-order valence-corrected chi connectivity index (χ1v) is 5.49. The van der Waals surface area contributed by atoms with Crippen LogP contribution in [-0.4, -0.2) is 11.0 Å². The summed E-state index contributed by atoms with van der Waals surface area (Å²) >= 11 is 3.17. The number of benzene rings is 1. The molecule has 0 aliphatic carbocycles. The van der Waals surface area contributed by atoms with Gasteiger partial charge in [-0.1, -0.05) is 35.2 Å². The third-order valence-corrected chi connectivity index (χ3v) is 2.88. The molecule has 1 aromatic heterocycles. The number of nitrogens with zero attached hydrogens (tertiary/aromatic N) is 2. The predicted molar refractivity (Wildman–Crippen MR) is 62.0 cm³/mol. The van der Waals surface area contributed by atoms with Crippen molar-refractivity contribution in [1.29, 1.82) is 0 Å². The van der Waals surface area contributed by atoms with Crippen molar-refractivity contribution in [2.45, 2.75) is 6.54 Å². The van der Waals surface area contributed by atoms with Gasteiger partial charge in [-0.25, -0.2) is 0 Å². The molecule has 2 aromatic rings. The highest BCUT2D eigenvalue weighted by Gasteiger charge is 2.16. The Morgan fingerprint density at radius 2 is 2.06 bits per heavy atom. The van der Waals surface area contributed by atoms with Gasteiger partial charge >= 0.3 is 0 Å². The summed E-state index contributed by atoms with van der Waals surface area (Å²) in [4.78, 5) is 11.5. The molecule has 4 nitrogen and oxygen atoms in total. The third-order valence-electron chi connectivity index (χ3n) is 2.27. The zero-order valence-electron chi connectivity index (χ0n) is 8.34. The van der Waals surface area contributed by atoms with Crippen LogP contribution >= 0.6 is 15.9 Å². The maximum absolute atomic E-state index is 11.5. The molecule has 0 aliphatic rings. The molecule has 16 heavy (non-hydrogen) atoms. The Morgan fingerprint density at radius 3 is 2.69 bits per heavy atom. The summed E-state index contributed by atoms with van der Waals surface area (Å²) in [7, 11) is 0. The zero-order chi connectivity index (χ0) is 11.5. The molecule has 0 amide bonds. The molecule has 82 valence electrons. The van der Waals surface area contributed by atoms with Gasteiger partial charge in [0.05, 0.1) is 0 Å². The van der Waals surface area contributed by atoms with Gasteiger partial charge in [0, 0.05) is 0 Å². The molecular weight excluding hydrogens is 272 g/mol. The molecule has 0 saturated heterocycles. The largest absolute Gasteiger partial charge is 0.596 e. The highest BCUT2D eigenvalue weighted by atomic mass is 79.9. The molecule has 5 heteroatoms. The number of halogens is 1. The summed E-state index contributed by atoms with van der Waals surface area (Å²) < 4.78 is 1.88. The number of carbonyl (C=O) groups excluding carboxylic acids is 1. The van der Waals surface area contributed by atoms with Crippen molar-refractivity contribution >= 4 is 22.2 Å². The minimum absolute atomic E-state index is 0.346. The van der Waals surface area contributed by atoms with Crippen LogP contribution in [0.2, 0.25) is 0 Å². The molecule has 0 bridgehead atoms. The molecule has 1 aromatic carbocycles. The van der Waals surface area contributed by atoms with E-state index in [4.69, 9.17) is 0 Å². The Hall–Kier alpha value is -1.62. The molecule has 1 heterocycles. The van der Waals surface area contributed by atoms with E-state index in [-0.39, 0.29) is 0 Å². The lowest BCUT2D eigenvalue weighted by molar-refractivity contribution is -0.693. The summed E-state index contributed by atoms with van der Waals surface area (Å²) in [5.74, 6) is 0. The minimum Gasteiger partial charge on any atom is -0.596 e. The quantitative estimate of drug-likeness (QED) is 0.489. The van der Waals surface area contributed by atoms with Crippen molar-refractivity contribution in [2.24, 2.45) is 0 Å². The Kier molecular flexibility index (Phi) is 3.05. The molecule has 0 radical (unpaired) electrons. The SMILES string of the molecule is O=Cc1c(Br)c[n+]([O-])n1Cc1ccccc1. The number of carbonyl (C=O) groups is 1. The van der Waals surface area contributed by atoms with Gasteiger partial charge in [0.25, 0.3) is 0 Å². The van der Waals surface area contributed by atoms with E-state index in [1.54, 1.807) is 0 Å². The van der Waals surface area contributed by atoms with Crippen LogP contribution in [0.4, 0.5) is 0 Å². The van der Waals surface area contributed by atoms with E-state index >= 15 is 0 Å². The second-order valence-electron chi connectivity index (χ2n) is 3.33. The van der Waals surface area contributed by atoms with Crippen molar-refractivity contribution in [3.63, 3.8) is 0 Å². The molecule has 2 rings (SSSR count). The second-order valence-corrected chi connectivity index (χ2v) is 4.18. The number of rotatable bonds is 3. The van der Waals surface area contributed by atoms with Gasteiger partial charge in [-0.2, -0.15) is 0 Å².